The topological polar surface area (TPSA) is 252 Å². The molecule has 4 aliphatic rings. The molecule has 16 nitrogen and oxygen atoms in total. The van der Waals surface area contributed by atoms with E-state index in [4.69, 9.17) is 36.1 Å². The molecule has 1 amide bonds. The van der Waals surface area contributed by atoms with Crippen LogP contribution in [0.1, 0.15) is 39.0 Å². The summed E-state index contributed by atoms with van der Waals surface area (Å²) in [4.78, 5) is 15.1. The van der Waals surface area contributed by atoms with Crippen LogP contribution in [0.2, 0.25) is 0 Å². The maximum atomic E-state index is 12.8. The van der Waals surface area contributed by atoms with Gasteiger partial charge in [0.15, 0.2) is 6.29 Å². The molecule has 3 fully saturated rings. The lowest BCUT2D eigenvalue weighted by Gasteiger charge is -2.49. The van der Waals surface area contributed by atoms with E-state index in [0.717, 1.165) is 25.9 Å². The molecule has 3 heterocycles. The van der Waals surface area contributed by atoms with Crippen molar-refractivity contribution in [2.45, 2.75) is 118 Å². The third-order valence-electron chi connectivity index (χ3n) is 9.33. The highest BCUT2D eigenvalue weighted by atomic mass is 16.7. The highest BCUT2D eigenvalue weighted by Crippen LogP contribution is 2.32. The zero-order valence-electron chi connectivity index (χ0n) is 26.6. The fourth-order valence-electron chi connectivity index (χ4n) is 6.54. The van der Waals surface area contributed by atoms with Crippen molar-refractivity contribution in [1.29, 1.82) is 0 Å². The highest BCUT2D eigenvalue weighted by molar-refractivity contribution is 5.80. The molecule has 0 aromatic carbocycles. The Bertz CT molecular complexity index is 986. The van der Waals surface area contributed by atoms with Crippen LogP contribution in [0.4, 0.5) is 0 Å². The lowest BCUT2D eigenvalue weighted by molar-refractivity contribution is -0.304. The number of nitrogens with zero attached hydrogens (tertiary/aromatic N) is 1. The van der Waals surface area contributed by atoms with E-state index in [0.29, 0.717) is 24.8 Å². The van der Waals surface area contributed by atoms with Crippen LogP contribution >= 0.6 is 0 Å². The summed E-state index contributed by atoms with van der Waals surface area (Å²) >= 11 is 0. The maximum absolute atomic E-state index is 12.8. The predicted molar refractivity (Wildman–Crippen MR) is 163 cm³/mol. The summed E-state index contributed by atoms with van der Waals surface area (Å²) in [5.74, 6) is -0.0151. The molecule has 13 N–H and O–H groups in total. The Kier molecular flexibility index (Phi) is 13.0. The number of aliphatic hydroxyl groups excluding tert-OH is 3. The van der Waals surface area contributed by atoms with Gasteiger partial charge in [0.1, 0.15) is 41.9 Å². The first-order chi connectivity index (χ1) is 21.3. The second kappa shape index (κ2) is 16.1. The van der Waals surface area contributed by atoms with Crippen molar-refractivity contribution in [1.82, 2.24) is 20.9 Å². The molecule has 2 saturated heterocycles. The third kappa shape index (κ3) is 9.10. The third-order valence-corrected chi connectivity index (χ3v) is 9.33. The number of ether oxygens (including phenoxy) is 4. The number of hydrogen-bond donors (Lipinski definition) is 10. The normalized spacial score (nSPS) is 40.8. The summed E-state index contributed by atoms with van der Waals surface area (Å²) in [5, 5.41) is 52.7. The van der Waals surface area contributed by atoms with Gasteiger partial charge in [-0.3, -0.25) is 4.79 Å². The first kappa shape index (κ1) is 36.3. The van der Waals surface area contributed by atoms with Gasteiger partial charge in [-0.2, -0.15) is 0 Å². The molecule has 1 aliphatic carbocycles. The maximum Gasteiger partial charge on any atom is 0.249 e. The predicted octanol–water partition coefficient (Wildman–Crippen LogP) is -4.26. The van der Waals surface area contributed by atoms with Crippen molar-refractivity contribution < 1.29 is 44.2 Å². The fourth-order valence-corrected chi connectivity index (χ4v) is 6.54. The van der Waals surface area contributed by atoms with Crippen molar-refractivity contribution in [2.75, 3.05) is 46.9 Å². The van der Waals surface area contributed by atoms with Gasteiger partial charge in [0.05, 0.1) is 31.3 Å². The Morgan fingerprint density at radius 2 is 1.84 bits per heavy atom. The lowest BCUT2D eigenvalue weighted by Crippen LogP contribution is -2.69. The smallest absolute Gasteiger partial charge is 0.249 e. The summed E-state index contributed by atoms with van der Waals surface area (Å²) < 4.78 is 24.2. The van der Waals surface area contributed by atoms with Gasteiger partial charge in [0.2, 0.25) is 12.2 Å². The van der Waals surface area contributed by atoms with E-state index >= 15 is 0 Å². The van der Waals surface area contributed by atoms with E-state index in [1.807, 2.05) is 6.08 Å². The molecule has 12 atom stereocenters. The van der Waals surface area contributed by atoms with Crippen molar-refractivity contribution >= 4 is 5.91 Å². The molecule has 0 radical (unpaired) electrons. The fraction of sp³-hybridized carbons (Fsp3) is 0.897. The number of nitrogens with one attached hydrogen (secondary N) is 3. The molecule has 260 valence electrons. The summed E-state index contributed by atoms with van der Waals surface area (Å²) in [6.07, 6.45) is -3.91. The Morgan fingerprint density at radius 1 is 1.16 bits per heavy atom. The Labute approximate surface area is 264 Å². The number of likely N-dealkylation sites (tertiary alicyclic amines) is 1. The SMILES string of the molecule is CN[C@@H]1[C@@H](O)[C@@H](O[C@@H]2[C@@H](O)[C@H](O[C@H]3OC(CNC4CCN(C)CC4)=CC[C@H]3N)[C@@H](N)C[C@H]2NC(=O)[C@@H](O)CCN)OC[C@]1(C)O. The molecule has 0 aromatic rings. The Balaban J connectivity index is 1.46. The van der Waals surface area contributed by atoms with Crippen molar-refractivity contribution in [2.24, 2.45) is 17.2 Å². The number of carbonyl (C=O) groups excluding carboxylic acids is 1. The second-order valence-corrected chi connectivity index (χ2v) is 13.1. The van der Waals surface area contributed by atoms with Crippen molar-refractivity contribution in [3.8, 4) is 0 Å². The highest BCUT2D eigenvalue weighted by Gasteiger charge is 2.52. The number of rotatable bonds is 12. The van der Waals surface area contributed by atoms with E-state index in [2.05, 4.69) is 27.9 Å². The van der Waals surface area contributed by atoms with Gasteiger partial charge >= 0.3 is 0 Å². The van der Waals surface area contributed by atoms with Crippen molar-refractivity contribution in [3.63, 3.8) is 0 Å². The Morgan fingerprint density at radius 3 is 2.51 bits per heavy atom. The van der Waals surface area contributed by atoms with Crippen LogP contribution < -0.4 is 33.2 Å². The van der Waals surface area contributed by atoms with Gasteiger partial charge < -0.3 is 77.4 Å². The molecule has 45 heavy (non-hydrogen) atoms. The van der Waals surface area contributed by atoms with Crippen LogP contribution in [0.3, 0.4) is 0 Å². The zero-order valence-corrected chi connectivity index (χ0v) is 26.6. The summed E-state index contributed by atoms with van der Waals surface area (Å²) in [5.41, 5.74) is 17.0. The summed E-state index contributed by atoms with van der Waals surface area (Å²) in [6.45, 7) is 4.02. The lowest BCUT2D eigenvalue weighted by atomic mass is 9.83. The van der Waals surface area contributed by atoms with Gasteiger partial charge in [0, 0.05) is 12.1 Å². The second-order valence-electron chi connectivity index (χ2n) is 13.1. The number of hydrogen-bond acceptors (Lipinski definition) is 15. The first-order valence-electron chi connectivity index (χ1n) is 16.0. The van der Waals surface area contributed by atoms with Crippen LogP contribution in [0.15, 0.2) is 11.8 Å². The summed E-state index contributed by atoms with van der Waals surface area (Å²) in [6, 6.07) is -2.64. The molecule has 0 bridgehead atoms. The largest absolute Gasteiger partial charge is 0.467 e. The Hall–Kier alpha value is -1.51. The number of carbonyl (C=O) groups is 1. The monoisotopic (exact) mass is 645 g/mol. The van der Waals surface area contributed by atoms with Gasteiger partial charge in [-0.1, -0.05) is 0 Å². The number of amides is 1. The number of likely N-dealkylation sites (N-methyl/N-ethyl adjacent to an activating group) is 1. The van der Waals surface area contributed by atoms with Gasteiger partial charge in [-0.25, -0.2) is 0 Å². The van der Waals surface area contributed by atoms with Gasteiger partial charge in [-0.15, -0.1) is 0 Å². The molecular formula is C29H55N7O9. The van der Waals surface area contributed by atoms with Crippen LogP contribution in [0.5, 0.6) is 0 Å². The van der Waals surface area contributed by atoms with E-state index in [1.165, 1.54) is 6.92 Å². The van der Waals surface area contributed by atoms with Gasteiger partial charge in [-0.05, 0) is 78.8 Å². The molecule has 1 saturated carbocycles. The van der Waals surface area contributed by atoms with Crippen molar-refractivity contribution in [3.05, 3.63) is 11.8 Å². The molecular weight excluding hydrogens is 590 g/mol. The zero-order chi connectivity index (χ0) is 32.9. The molecule has 4 rings (SSSR count). The van der Waals surface area contributed by atoms with E-state index in [9.17, 15) is 25.2 Å². The van der Waals surface area contributed by atoms with Crippen LogP contribution in [-0.2, 0) is 23.7 Å². The number of aliphatic hydroxyl groups is 4. The molecule has 3 aliphatic heterocycles. The quantitative estimate of drug-likeness (QED) is 0.0965. The molecule has 0 aromatic heterocycles. The first-order valence-corrected chi connectivity index (χ1v) is 16.0. The van der Waals surface area contributed by atoms with Crippen LogP contribution in [-0.4, -0.2) is 157 Å². The number of nitrogens with two attached hydrogens (primary N) is 3. The van der Waals surface area contributed by atoms with Crippen LogP contribution in [0, 0.1) is 0 Å². The minimum Gasteiger partial charge on any atom is -0.467 e. The molecule has 16 heteroatoms. The standard InChI is InChI=1S/C29H55N7O9/c1-29(41)14-42-28(22(39)25(29)33-2)45-24-19(35-26(40)20(37)6-9-30)12-18(32)23(21(24)38)44-27-17(31)5-4-16(43-27)13-34-15-7-10-36(3)11-8-15/h4,15,17-25,27-28,33-34,37-39,41H,5-14,30-32H2,1-3H3,(H,35,40)/t17-,18+,19-,20+,21+,22-,23-,24+,25-,27-,28-,29+/m1/s1. The molecule has 0 spiro atoms. The minimum absolute atomic E-state index is 0.0349. The van der Waals surface area contributed by atoms with E-state index < -0.39 is 78.8 Å². The average Bonchev–Trinajstić information content (AvgIpc) is 2.99. The van der Waals surface area contributed by atoms with E-state index in [-0.39, 0.29) is 26.0 Å². The minimum atomic E-state index is -1.43. The van der Waals surface area contributed by atoms with Crippen LogP contribution in [0.25, 0.3) is 0 Å². The van der Waals surface area contributed by atoms with E-state index in [1.54, 1.807) is 7.05 Å². The number of piperidine rings is 1. The van der Waals surface area contributed by atoms with Gasteiger partial charge in [0.25, 0.3) is 0 Å². The molecule has 0 unspecified atom stereocenters. The average molecular weight is 646 g/mol. The summed E-state index contributed by atoms with van der Waals surface area (Å²) in [7, 11) is 3.70.